The smallest absolute Gasteiger partial charge is 0.175 e. The number of benzene rings is 2. The van der Waals surface area contributed by atoms with Crippen LogP contribution in [0.3, 0.4) is 0 Å². The molecule has 19 heavy (non-hydrogen) atoms. The van der Waals surface area contributed by atoms with Gasteiger partial charge in [0.05, 0.1) is 21.1 Å². The molecule has 0 aliphatic heterocycles. The van der Waals surface area contributed by atoms with Gasteiger partial charge in [-0.1, -0.05) is 46.6 Å². The minimum Gasteiger partial charge on any atom is -0.397 e. The minimum absolute atomic E-state index is 0.314. The number of aromatic nitrogens is 1. The molecular weight excluding hydrogens is 285 g/mol. The molecule has 0 aliphatic carbocycles. The van der Waals surface area contributed by atoms with Gasteiger partial charge < -0.3 is 16.0 Å². The van der Waals surface area contributed by atoms with Crippen LogP contribution in [0, 0.1) is 0 Å². The van der Waals surface area contributed by atoms with Gasteiger partial charge in [-0.25, -0.2) is 0 Å². The molecule has 96 valence electrons. The van der Waals surface area contributed by atoms with Crippen molar-refractivity contribution in [2.24, 2.45) is 0 Å². The monoisotopic (exact) mass is 293 g/mol. The quantitative estimate of drug-likeness (QED) is 0.666. The van der Waals surface area contributed by atoms with Crippen LogP contribution in [-0.2, 0) is 0 Å². The predicted molar refractivity (Wildman–Crippen MR) is 78.3 cm³/mol. The molecule has 0 bridgehead atoms. The van der Waals surface area contributed by atoms with E-state index in [4.69, 9.17) is 39.2 Å². The molecule has 4 nitrogen and oxygen atoms in total. The van der Waals surface area contributed by atoms with Gasteiger partial charge in [0.2, 0.25) is 0 Å². The number of nitrogen functional groups attached to an aromatic ring is 2. The summed E-state index contributed by atoms with van der Waals surface area (Å²) in [5.74, 6) is 0.314. The van der Waals surface area contributed by atoms with Crippen LogP contribution in [0.15, 0.2) is 34.9 Å². The van der Waals surface area contributed by atoms with Crippen LogP contribution in [0.5, 0.6) is 0 Å². The van der Waals surface area contributed by atoms with E-state index in [-0.39, 0.29) is 0 Å². The molecule has 1 heterocycles. The molecule has 0 saturated carbocycles. The van der Waals surface area contributed by atoms with Gasteiger partial charge in [-0.3, -0.25) is 0 Å². The molecule has 1 aromatic heterocycles. The molecule has 0 aliphatic rings. The van der Waals surface area contributed by atoms with Crippen molar-refractivity contribution in [1.82, 2.24) is 5.16 Å². The minimum atomic E-state index is 0.314. The average Bonchev–Trinajstić information content (AvgIpc) is 2.79. The Morgan fingerprint density at radius 1 is 0.947 bits per heavy atom. The average molecular weight is 294 g/mol. The molecule has 0 atom stereocenters. The van der Waals surface area contributed by atoms with Gasteiger partial charge in [0.15, 0.2) is 11.4 Å². The molecule has 0 fully saturated rings. The van der Waals surface area contributed by atoms with Gasteiger partial charge >= 0.3 is 0 Å². The van der Waals surface area contributed by atoms with Gasteiger partial charge in [0.25, 0.3) is 0 Å². The molecule has 2 aromatic carbocycles. The Labute approximate surface area is 118 Å². The summed E-state index contributed by atoms with van der Waals surface area (Å²) in [7, 11) is 0. The third kappa shape index (κ3) is 1.80. The Morgan fingerprint density at radius 3 is 2.53 bits per heavy atom. The first-order valence-electron chi connectivity index (χ1n) is 5.47. The SMILES string of the molecule is Nc1ccc(-c2cccc3onc(N)c23)c(Cl)c1Cl. The number of fused-ring (bicyclic) bond motifs is 1. The zero-order chi connectivity index (χ0) is 13.6. The van der Waals surface area contributed by atoms with Crippen molar-refractivity contribution in [1.29, 1.82) is 0 Å². The first-order chi connectivity index (χ1) is 9.09. The van der Waals surface area contributed by atoms with E-state index in [2.05, 4.69) is 5.16 Å². The largest absolute Gasteiger partial charge is 0.397 e. The first-order valence-corrected chi connectivity index (χ1v) is 6.23. The van der Waals surface area contributed by atoms with Gasteiger partial charge in [-0.05, 0) is 17.7 Å². The highest BCUT2D eigenvalue weighted by molar-refractivity contribution is 6.45. The topological polar surface area (TPSA) is 78.1 Å². The van der Waals surface area contributed by atoms with E-state index in [0.717, 1.165) is 11.1 Å². The lowest BCUT2D eigenvalue weighted by Gasteiger charge is -2.09. The number of hydrogen-bond acceptors (Lipinski definition) is 4. The van der Waals surface area contributed by atoms with Crippen LogP contribution < -0.4 is 11.5 Å². The van der Waals surface area contributed by atoms with E-state index in [1.807, 2.05) is 12.1 Å². The molecule has 0 spiro atoms. The standard InChI is InChI=1S/C13H9Cl2N3O/c14-11-7(4-5-8(16)12(11)15)6-2-1-3-9-10(6)13(17)18-19-9/h1-5H,16H2,(H2,17,18). The third-order valence-corrected chi connectivity index (χ3v) is 3.82. The van der Waals surface area contributed by atoms with Crippen LogP contribution in [0.1, 0.15) is 0 Å². The molecule has 4 N–H and O–H groups in total. The zero-order valence-electron chi connectivity index (χ0n) is 9.65. The lowest BCUT2D eigenvalue weighted by atomic mass is 10.0. The Bertz CT molecular complexity index is 783. The summed E-state index contributed by atoms with van der Waals surface area (Å²) in [6, 6.07) is 9.00. The number of hydrogen-bond donors (Lipinski definition) is 2. The van der Waals surface area contributed by atoms with Crippen molar-refractivity contribution in [3.8, 4) is 11.1 Å². The number of rotatable bonds is 1. The maximum atomic E-state index is 6.25. The fraction of sp³-hybridized carbons (Fsp3) is 0. The van der Waals surface area contributed by atoms with E-state index in [0.29, 0.717) is 32.5 Å². The molecule has 0 unspecified atom stereocenters. The van der Waals surface area contributed by atoms with Crippen LogP contribution in [-0.4, -0.2) is 5.16 Å². The van der Waals surface area contributed by atoms with Crippen LogP contribution in [0.4, 0.5) is 11.5 Å². The van der Waals surface area contributed by atoms with Gasteiger partial charge in [-0.15, -0.1) is 0 Å². The van der Waals surface area contributed by atoms with Crippen molar-refractivity contribution in [3.63, 3.8) is 0 Å². The summed E-state index contributed by atoms with van der Waals surface area (Å²) < 4.78 is 5.13. The number of nitrogens with zero attached hydrogens (tertiary/aromatic N) is 1. The van der Waals surface area contributed by atoms with Crippen LogP contribution in [0.2, 0.25) is 10.0 Å². The highest BCUT2D eigenvalue weighted by Gasteiger charge is 2.16. The predicted octanol–water partition coefficient (Wildman–Crippen LogP) is 3.97. The van der Waals surface area contributed by atoms with Crippen molar-refractivity contribution >= 4 is 45.7 Å². The normalized spacial score (nSPS) is 11.1. The van der Waals surface area contributed by atoms with Gasteiger partial charge in [0, 0.05) is 5.56 Å². The maximum absolute atomic E-state index is 6.25. The van der Waals surface area contributed by atoms with E-state index in [1.165, 1.54) is 0 Å². The Kier molecular flexibility index (Phi) is 2.77. The molecule has 6 heteroatoms. The highest BCUT2D eigenvalue weighted by Crippen LogP contribution is 2.40. The zero-order valence-corrected chi connectivity index (χ0v) is 11.2. The maximum Gasteiger partial charge on any atom is 0.175 e. The Hall–Kier alpha value is -1.91. The molecular formula is C13H9Cl2N3O. The molecule has 0 saturated heterocycles. The van der Waals surface area contributed by atoms with Gasteiger partial charge in [0.1, 0.15) is 0 Å². The second-order valence-corrected chi connectivity index (χ2v) is 4.83. The van der Waals surface area contributed by atoms with Crippen molar-refractivity contribution in [2.45, 2.75) is 0 Å². The van der Waals surface area contributed by atoms with E-state index in [1.54, 1.807) is 18.2 Å². The second-order valence-electron chi connectivity index (χ2n) is 4.08. The molecule has 0 amide bonds. The number of nitrogens with two attached hydrogens (primary N) is 2. The Balaban J connectivity index is 2.37. The van der Waals surface area contributed by atoms with E-state index >= 15 is 0 Å². The van der Waals surface area contributed by atoms with Crippen molar-refractivity contribution in [2.75, 3.05) is 11.5 Å². The molecule has 0 radical (unpaired) electrons. The van der Waals surface area contributed by atoms with Crippen LogP contribution >= 0.6 is 23.2 Å². The van der Waals surface area contributed by atoms with E-state index < -0.39 is 0 Å². The van der Waals surface area contributed by atoms with Gasteiger partial charge in [-0.2, -0.15) is 0 Å². The summed E-state index contributed by atoms with van der Waals surface area (Å²) in [5.41, 5.74) is 14.1. The number of halogens is 2. The Morgan fingerprint density at radius 2 is 1.74 bits per heavy atom. The molecule has 3 rings (SSSR count). The lowest BCUT2D eigenvalue weighted by Crippen LogP contribution is -1.91. The van der Waals surface area contributed by atoms with Crippen molar-refractivity contribution in [3.05, 3.63) is 40.4 Å². The fourth-order valence-electron chi connectivity index (χ4n) is 2.01. The summed E-state index contributed by atoms with van der Waals surface area (Å²) in [6.45, 7) is 0. The third-order valence-electron chi connectivity index (χ3n) is 2.93. The highest BCUT2D eigenvalue weighted by atomic mass is 35.5. The van der Waals surface area contributed by atoms with E-state index in [9.17, 15) is 0 Å². The van der Waals surface area contributed by atoms with Crippen molar-refractivity contribution < 1.29 is 4.52 Å². The molecule has 3 aromatic rings. The summed E-state index contributed by atoms with van der Waals surface area (Å²) in [6.07, 6.45) is 0. The second kappa shape index (κ2) is 4.33. The summed E-state index contributed by atoms with van der Waals surface area (Å²) >= 11 is 12.3. The van der Waals surface area contributed by atoms with Crippen LogP contribution in [0.25, 0.3) is 22.1 Å². The number of anilines is 2. The fourth-order valence-corrected chi connectivity index (χ4v) is 2.45. The summed E-state index contributed by atoms with van der Waals surface area (Å²) in [5, 5.41) is 5.18. The first kappa shape index (κ1) is 12.1. The lowest BCUT2D eigenvalue weighted by molar-refractivity contribution is 0.460. The summed E-state index contributed by atoms with van der Waals surface area (Å²) in [4.78, 5) is 0.